The van der Waals surface area contributed by atoms with E-state index in [4.69, 9.17) is 0 Å². The van der Waals surface area contributed by atoms with Crippen molar-refractivity contribution >= 4 is 34.5 Å². The maximum absolute atomic E-state index is 11.8. The fourth-order valence-corrected chi connectivity index (χ4v) is 3.68. The molecule has 1 atom stereocenters. The average molecular weight is 379 g/mol. The van der Waals surface area contributed by atoms with E-state index in [0.717, 1.165) is 13.0 Å². The van der Waals surface area contributed by atoms with Crippen molar-refractivity contribution in [1.82, 2.24) is 15.5 Å². The third-order valence-corrected chi connectivity index (χ3v) is 5.40. The van der Waals surface area contributed by atoms with Crippen LogP contribution < -0.4 is 10.6 Å². The molecule has 2 heterocycles. The lowest BCUT2D eigenvalue weighted by Crippen LogP contribution is -2.40. The van der Waals surface area contributed by atoms with E-state index >= 15 is 0 Å². The number of rotatable bonds is 8. The molecule has 0 bridgehead atoms. The highest BCUT2D eigenvalue weighted by Crippen LogP contribution is 2.13. The molecule has 2 N–H and O–H groups in total. The van der Waals surface area contributed by atoms with Crippen LogP contribution in [0.4, 0.5) is 0 Å². The summed E-state index contributed by atoms with van der Waals surface area (Å²) < 4.78 is 0. The first-order chi connectivity index (χ1) is 12.0. The molecule has 2 rings (SSSR count). The maximum Gasteiger partial charge on any atom is 0.243 e. The van der Waals surface area contributed by atoms with Gasteiger partial charge in [0.15, 0.2) is 5.96 Å². The summed E-state index contributed by atoms with van der Waals surface area (Å²) in [5.74, 6) is 1.16. The zero-order valence-corrected chi connectivity index (χ0v) is 16.6. The van der Waals surface area contributed by atoms with E-state index in [9.17, 15) is 4.79 Å². The Morgan fingerprint density at radius 2 is 1.84 bits per heavy atom. The second kappa shape index (κ2) is 10.2. The van der Waals surface area contributed by atoms with Crippen LogP contribution in [0.15, 0.2) is 40.0 Å². The number of amides is 1. The smallest absolute Gasteiger partial charge is 0.243 e. The number of likely N-dealkylation sites (N-methyl/N-ethyl adjacent to an activating group) is 1. The minimum atomic E-state index is -0.0103. The molecule has 136 valence electrons. The summed E-state index contributed by atoms with van der Waals surface area (Å²) in [5, 5.41) is 10.8. The van der Waals surface area contributed by atoms with Crippen LogP contribution in [0.25, 0.3) is 0 Å². The van der Waals surface area contributed by atoms with Gasteiger partial charge in [0, 0.05) is 30.4 Å². The van der Waals surface area contributed by atoms with Crippen LogP contribution in [0.3, 0.4) is 0 Å². The minimum Gasteiger partial charge on any atom is -0.356 e. The highest BCUT2D eigenvalue weighted by atomic mass is 32.1. The lowest BCUT2D eigenvalue weighted by atomic mass is 10.1. The number of nitrogens with one attached hydrogen (secondary N) is 2. The molecule has 0 fully saturated rings. The molecule has 25 heavy (non-hydrogen) atoms. The van der Waals surface area contributed by atoms with Crippen LogP contribution in [0.1, 0.15) is 16.7 Å². The molecule has 0 aliphatic heterocycles. The Morgan fingerprint density at radius 1 is 1.16 bits per heavy atom. The van der Waals surface area contributed by atoms with Gasteiger partial charge in [0.1, 0.15) is 6.54 Å². The van der Waals surface area contributed by atoms with Crippen molar-refractivity contribution in [3.05, 3.63) is 44.8 Å². The van der Waals surface area contributed by atoms with E-state index in [0.29, 0.717) is 18.4 Å². The first-order valence-corrected chi connectivity index (χ1v) is 10.1. The highest BCUT2D eigenvalue weighted by molar-refractivity contribution is 7.10. The van der Waals surface area contributed by atoms with Crippen LogP contribution in [-0.4, -0.2) is 44.0 Å². The molecule has 5 nitrogen and oxygen atoms in total. The number of guanidine groups is 1. The SMILES string of the molecule is CC(CNC(=NCC(=O)N(C)C)NCc1cccs1)Cc1cccs1. The van der Waals surface area contributed by atoms with Gasteiger partial charge in [0.25, 0.3) is 0 Å². The summed E-state index contributed by atoms with van der Waals surface area (Å²) in [6.45, 7) is 3.88. The van der Waals surface area contributed by atoms with Crippen molar-refractivity contribution in [1.29, 1.82) is 0 Å². The highest BCUT2D eigenvalue weighted by Gasteiger charge is 2.08. The van der Waals surface area contributed by atoms with Gasteiger partial charge in [0.05, 0.1) is 6.54 Å². The molecule has 2 aromatic heterocycles. The maximum atomic E-state index is 11.8. The summed E-state index contributed by atoms with van der Waals surface area (Å²) in [7, 11) is 3.49. The van der Waals surface area contributed by atoms with Gasteiger partial charge in [-0.1, -0.05) is 19.1 Å². The van der Waals surface area contributed by atoms with E-state index in [2.05, 4.69) is 51.5 Å². The summed E-state index contributed by atoms with van der Waals surface area (Å²) >= 11 is 3.49. The van der Waals surface area contributed by atoms with Crippen LogP contribution >= 0.6 is 22.7 Å². The summed E-state index contributed by atoms with van der Waals surface area (Å²) in [4.78, 5) is 20.4. The number of nitrogens with zero attached hydrogens (tertiary/aromatic N) is 2. The van der Waals surface area contributed by atoms with Crippen molar-refractivity contribution in [3.8, 4) is 0 Å². The Hall–Kier alpha value is -1.86. The second-order valence-electron chi connectivity index (χ2n) is 6.16. The zero-order chi connectivity index (χ0) is 18.1. The number of hydrogen-bond donors (Lipinski definition) is 2. The molecule has 1 amide bonds. The largest absolute Gasteiger partial charge is 0.356 e. The van der Waals surface area contributed by atoms with E-state index in [1.54, 1.807) is 41.7 Å². The molecule has 2 aromatic rings. The van der Waals surface area contributed by atoms with Gasteiger partial charge in [-0.3, -0.25) is 4.79 Å². The fourth-order valence-electron chi connectivity index (χ4n) is 2.16. The molecule has 0 saturated carbocycles. The standard InChI is InChI=1S/C18H26N4OS2/c1-14(10-15-6-4-8-24-15)11-19-18(21-13-17(23)22(2)3)20-12-16-7-5-9-25-16/h4-9,14H,10-13H2,1-3H3,(H2,19,20,21). The molecule has 7 heteroatoms. The first kappa shape index (κ1) is 19.5. The van der Waals surface area contributed by atoms with Crippen molar-refractivity contribution < 1.29 is 4.79 Å². The van der Waals surface area contributed by atoms with Gasteiger partial charge < -0.3 is 15.5 Å². The number of thiophene rings is 2. The molecule has 0 aromatic carbocycles. The van der Waals surface area contributed by atoms with Crippen LogP contribution in [0.5, 0.6) is 0 Å². The average Bonchev–Trinajstić information content (AvgIpc) is 3.27. The molecule has 0 saturated heterocycles. The van der Waals surface area contributed by atoms with E-state index < -0.39 is 0 Å². The lowest BCUT2D eigenvalue weighted by molar-refractivity contribution is -0.127. The number of hydrogen-bond acceptors (Lipinski definition) is 4. The fraction of sp³-hybridized carbons (Fsp3) is 0.444. The van der Waals surface area contributed by atoms with Gasteiger partial charge in [-0.05, 0) is 35.2 Å². The molecule has 0 aliphatic rings. The monoisotopic (exact) mass is 378 g/mol. The Morgan fingerprint density at radius 3 is 2.44 bits per heavy atom. The summed E-state index contributed by atoms with van der Waals surface area (Å²) in [6, 6.07) is 8.37. The third kappa shape index (κ3) is 7.27. The molecule has 0 spiro atoms. The van der Waals surface area contributed by atoms with Crippen molar-refractivity contribution in [3.63, 3.8) is 0 Å². The normalized spacial score (nSPS) is 12.7. The first-order valence-electron chi connectivity index (χ1n) is 8.31. The number of aliphatic imine (C=N–C) groups is 1. The number of carbonyl (C=O) groups excluding carboxylic acids is 1. The van der Waals surface area contributed by atoms with Crippen LogP contribution in [0.2, 0.25) is 0 Å². The molecular formula is C18H26N4OS2. The van der Waals surface area contributed by atoms with Gasteiger partial charge in [0.2, 0.25) is 5.91 Å². The summed E-state index contributed by atoms with van der Waals surface area (Å²) in [5.41, 5.74) is 0. The molecule has 0 aliphatic carbocycles. The Labute approximate surface area is 157 Å². The van der Waals surface area contributed by atoms with Crippen molar-refractivity contribution in [2.24, 2.45) is 10.9 Å². The van der Waals surface area contributed by atoms with Gasteiger partial charge in [-0.15, -0.1) is 22.7 Å². The minimum absolute atomic E-state index is 0.0103. The van der Waals surface area contributed by atoms with Gasteiger partial charge in [-0.2, -0.15) is 0 Å². The zero-order valence-electron chi connectivity index (χ0n) is 15.0. The Bertz CT molecular complexity index is 651. The molecule has 1 unspecified atom stereocenters. The van der Waals surface area contributed by atoms with Crippen molar-refractivity contribution in [2.45, 2.75) is 19.9 Å². The molecule has 0 radical (unpaired) electrons. The lowest BCUT2D eigenvalue weighted by Gasteiger charge is -2.16. The summed E-state index contributed by atoms with van der Waals surface area (Å²) in [6.07, 6.45) is 1.04. The van der Waals surface area contributed by atoms with Gasteiger partial charge >= 0.3 is 0 Å². The van der Waals surface area contributed by atoms with Crippen LogP contribution in [-0.2, 0) is 17.8 Å². The predicted molar refractivity (Wildman–Crippen MR) is 107 cm³/mol. The van der Waals surface area contributed by atoms with E-state index in [1.807, 2.05) is 6.07 Å². The molecular weight excluding hydrogens is 352 g/mol. The van der Waals surface area contributed by atoms with E-state index in [-0.39, 0.29) is 12.5 Å². The number of carbonyl (C=O) groups is 1. The van der Waals surface area contributed by atoms with E-state index in [1.165, 1.54) is 9.75 Å². The second-order valence-corrected chi connectivity index (χ2v) is 8.22. The third-order valence-electron chi connectivity index (χ3n) is 3.63. The topological polar surface area (TPSA) is 56.7 Å². The Kier molecular flexibility index (Phi) is 7.94. The Balaban J connectivity index is 1.87. The predicted octanol–water partition coefficient (Wildman–Crippen LogP) is 2.81. The van der Waals surface area contributed by atoms with Crippen molar-refractivity contribution in [2.75, 3.05) is 27.2 Å². The quantitative estimate of drug-likeness (QED) is 0.549. The van der Waals surface area contributed by atoms with Gasteiger partial charge in [-0.25, -0.2) is 4.99 Å². The van der Waals surface area contributed by atoms with Crippen LogP contribution in [0, 0.1) is 5.92 Å².